The van der Waals surface area contributed by atoms with Gasteiger partial charge in [0.2, 0.25) is 0 Å². The van der Waals surface area contributed by atoms with E-state index in [9.17, 15) is 14.0 Å². The molecule has 0 atom stereocenters. The van der Waals surface area contributed by atoms with E-state index >= 15 is 0 Å². The Morgan fingerprint density at radius 1 is 0.838 bits per heavy atom. The lowest BCUT2D eigenvalue weighted by molar-refractivity contribution is -0.113. The third-order valence-electron chi connectivity index (χ3n) is 5.27. The standard InChI is InChI=1S/C29H21Cl2FN2O2S/c30-24-11-6-10-20(27(24)31)17-26(34-28(35)19-7-2-1-3-8-19)29(36)33-22-13-15-23(16-14-22)37-18-21-9-4-5-12-25(21)32/h1-17H,18H2,(H,33,36)(H,34,35)/b26-17-. The normalized spacial score (nSPS) is 11.2. The quantitative estimate of drug-likeness (QED) is 0.173. The number of hydrogen-bond acceptors (Lipinski definition) is 3. The lowest BCUT2D eigenvalue weighted by atomic mass is 10.1. The van der Waals surface area contributed by atoms with E-state index < -0.39 is 11.8 Å². The molecule has 4 nitrogen and oxygen atoms in total. The van der Waals surface area contributed by atoms with Crippen molar-refractivity contribution in [3.63, 3.8) is 0 Å². The Labute approximate surface area is 228 Å². The number of benzene rings is 4. The molecule has 0 fully saturated rings. The Morgan fingerprint density at radius 2 is 1.54 bits per heavy atom. The van der Waals surface area contributed by atoms with Crippen molar-refractivity contribution in [3.05, 3.63) is 135 Å². The average Bonchev–Trinajstić information content (AvgIpc) is 2.91. The summed E-state index contributed by atoms with van der Waals surface area (Å²) in [5.41, 5.74) is 2.02. The molecule has 37 heavy (non-hydrogen) atoms. The van der Waals surface area contributed by atoms with Crippen LogP contribution in [0.1, 0.15) is 21.5 Å². The van der Waals surface area contributed by atoms with Crippen molar-refractivity contribution < 1.29 is 14.0 Å². The minimum Gasteiger partial charge on any atom is -0.321 e. The van der Waals surface area contributed by atoms with Crippen LogP contribution in [0.15, 0.2) is 108 Å². The monoisotopic (exact) mass is 550 g/mol. The lowest BCUT2D eigenvalue weighted by Gasteiger charge is -2.12. The summed E-state index contributed by atoms with van der Waals surface area (Å²) in [5, 5.41) is 6.06. The van der Waals surface area contributed by atoms with E-state index in [0.717, 1.165) is 4.90 Å². The van der Waals surface area contributed by atoms with Crippen molar-refractivity contribution >= 4 is 58.5 Å². The van der Waals surface area contributed by atoms with Gasteiger partial charge in [0.25, 0.3) is 11.8 Å². The molecule has 186 valence electrons. The number of amides is 2. The molecular formula is C29H21Cl2FN2O2S. The molecule has 4 aromatic rings. The van der Waals surface area contributed by atoms with E-state index in [1.54, 1.807) is 78.9 Å². The first-order valence-electron chi connectivity index (χ1n) is 11.2. The SMILES string of the molecule is O=C(Nc1ccc(SCc2ccccc2F)cc1)/C(=C/c1cccc(Cl)c1Cl)NC(=O)c1ccccc1. The molecule has 4 rings (SSSR count). The van der Waals surface area contributed by atoms with Crippen LogP contribution < -0.4 is 10.6 Å². The van der Waals surface area contributed by atoms with Gasteiger partial charge in [0.1, 0.15) is 11.5 Å². The number of carbonyl (C=O) groups excluding carboxylic acids is 2. The molecule has 0 saturated heterocycles. The summed E-state index contributed by atoms with van der Waals surface area (Å²) in [6.45, 7) is 0. The number of thioether (sulfide) groups is 1. The molecule has 0 aliphatic heterocycles. The summed E-state index contributed by atoms with van der Waals surface area (Å²) >= 11 is 13.9. The summed E-state index contributed by atoms with van der Waals surface area (Å²) in [6.07, 6.45) is 1.48. The van der Waals surface area contributed by atoms with Gasteiger partial charge in [-0.15, -0.1) is 11.8 Å². The Hall–Kier alpha value is -3.58. The van der Waals surface area contributed by atoms with Crippen molar-refractivity contribution in [2.24, 2.45) is 0 Å². The van der Waals surface area contributed by atoms with E-state index in [4.69, 9.17) is 23.2 Å². The van der Waals surface area contributed by atoms with Gasteiger partial charge in [0.15, 0.2) is 0 Å². The first-order chi connectivity index (χ1) is 17.9. The maximum Gasteiger partial charge on any atom is 0.272 e. The molecule has 8 heteroatoms. The van der Waals surface area contributed by atoms with Gasteiger partial charge in [-0.1, -0.05) is 71.7 Å². The van der Waals surface area contributed by atoms with E-state index in [1.165, 1.54) is 23.9 Å². The number of halogens is 3. The van der Waals surface area contributed by atoms with Gasteiger partial charge in [-0.3, -0.25) is 9.59 Å². The number of carbonyl (C=O) groups is 2. The van der Waals surface area contributed by atoms with E-state index in [2.05, 4.69) is 10.6 Å². The highest BCUT2D eigenvalue weighted by Crippen LogP contribution is 2.28. The summed E-state index contributed by atoms with van der Waals surface area (Å²) < 4.78 is 13.9. The lowest BCUT2D eigenvalue weighted by Crippen LogP contribution is -2.30. The molecule has 2 N–H and O–H groups in total. The van der Waals surface area contributed by atoms with Crippen LogP contribution in [0.25, 0.3) is 6.08 Å². The van der Waals surface area contributed by atoms with Crippen molar-refractivity contribution in [1.82, 2.24) is 5.32 Å². The molecule has 0 bridgehead atoms. The fourth-order valence-electron chi connectivity index (χ4n) is 3.34. The second kappa shape index (κ2) is 12.6. The highest BCUT2D eigenvalue weighted by Gasteiger charge is 2.16. The Kier molecular flexibility index (Phi) is 9.01. The molecule has 0 heterocycles. The van der Waals surface area contributed by atoms with E-state index in [0.29, 0.717) is 33.2 Å². The zero-order valence-corrected chi connectivity index (χ0v) is 21.7. The predicted molar refractivity (Wildman–Crippen MR) is 149 cm³/mol. The van der Waals surface area contributed by atoms with Gasteiger partial charge < -0.3 is 10.6 Å². The molecule has 0 spiro atoms. The van der Waals surface area contributed by atoms with Gasteiger partial charge in [-0.25, -0.2) is 4.39 Å². The maximum atomic E-state index is 13.9. The molecule has 0 unspecified atom stereocenters. The third kappa shape index (κ3) is 7.23. The molecule has 0 saturated carbocycles. The summed E-state index contributed by atoms with van der Waals surface area (Å²) in [4.78, 5) is 26.9. The molecule has 2 amide bonds. The van der Waals surface area contributed by atoms with Gasteiger partial charge in [-0.05, 0) is 65.7 Å². The number of anilines is 1. The number of rotatable bonds is 8. The minimum absolute atomic E-state index is 0.00368. The molecule has 0 radical (unpaired) electrons. The second-order valence-electron chi connectivity index (χ2n) is 7.88. The van der Waals surface area contributed by atoms with E-state index in [1.807, 2.05) is 12.1 Å². The Balaban J connectivity index is 1.50. The fourth-order valence-corrected chi connectivity index (χ4v) is 4.59. The largest absolute Gasteiger partial charge is 0.321 e. The van der Waals surface area contributed by atoms with Crippen LogP contribution in [0.2, 0.25) is 10.0 Å². The third-order valence-corrected chi connectivity index (χ3v) is 7.17. The average molecular weight is 551 g/mol. The van der Waals surface area contributed by atoms with Crippen molar-refractivity contribution in [2.45, 2.75) is 10.6 Å². The summed E-state index contributed by atoms with van der Waals surface area (Å²) in [7, 11) is 0. The number of hydrogen-bond donors (Lipinski definition) is 2. The van der Waals surface area contributed by atoms with Crippen molar-refractivity contribution in [3.8, 4) is 0 Å². The molecule has 4 aromatic carbocycles. The highest BCUT2D eigenvalue weighted by molar-refractivity contribution is 7.98. The maximum absolute atomic E-state index is 13.9. The van der Waals surface area contributed by atoms with Crippen LogP contribution in [-0.2, 0) is 10.5 Å². The van der Waals surface area contributed by atoms with Gasteiger partial charge >= 0.3 is 0 Å². The van der Waals surface area contributed by atoms with Crippen LogP contribution in [0.4, 0.5) is 10.1 Å². The van der Waals surface area contributed by atoms with Gasteiger partial charge in [0, 0.05) is 21.9 Å². The molecular weight excluding hydrogens is 530 g/mol. The second-order valence-corrected chi connectivity index (χ2v) is 9.71. The summed E-state index contributed by atoms with van der Waals surface area (Å²) in [5.74, 6) is -0.736. The van der Waals surface area contributed by atoms with Crippen LogP contribution in [-0.4, -0.2) is 11.8 Å². The van der Waals surface area contributed by atoms with E-state index in [-0.39, 0.29) is 16.5 Å². The topological polar surface area (TPSA) is 58.2 Å². The predicted octanol–water partition coefficient (Wildman–Crippen LogP) is 7.83. The number of nitrogens with one attached hydrogen (secondary N) is 2. The molecule has 0 aliphatic rings. The van der Waals surface area contributed by atoms with Gasteiger partial charge in [0.05, 0.1) is 10.0 Å². The minimum atomic E-state index is -0.535. The fraction of sp³-hybridized carbons (Fsp3) is 0.0345. The Bertz CT molecular complexity index is 1440. The van der Waals surface area contributed by atoms with Crippen molar-refractivity contribution in [2.75, 3.05) is 5.32 Å². The van der Waals surface area contributed by atoms with Crippen LogP contribution in [0, 0.1) is 5.82 Å². The first kappa shape index (κ1) is 26.5. The highest BCUT2D eigenvalue weighted by atomic mass is 35.5. The summed E-state index contributed by atoms with van der Waals surface area (Å²) in [6, 6.07) is 27.4. The molecule has 0 aromatic heterocycles. The first-order valence-corrected chi connectivity index (χ1v) is 12.9. The Morgan fingerprint density at radius 3 is 2.27 bits per heavy atom. The zero-order chi connectivity index (χ0) is 26.2. The van der Waals surface area contributed by atoms with Crippen LogP contribution >= 0.6 is 35.0 Å². The van der Waals surface area contributed by atoms with Crippen molar-refractivity contribution in [1.29, 1.82) is 0 Å². The van der Waals surface area contributed by atoms with Crippen LogP contribution in [0.5, 0.6) is 0 Å². The zero-order valence-electron chi connectivity index (χ0n) is 19.4. The van der Waals surface area contributed by atoms with Crippen LogP contribution in [0.3, 0.4) is 0 Å². The smallest absolute Gasteiger partial charge is 0.272 e. The van der Waals surface area contributed by atoms with Gasteiger partial charge in [-0.2, -0.15) is 0 Å². The molecule has 0 aliphatic carbocycles.